The molecule has 0 radical (unpaired) electrons. The molecule has 1 aromatic heterocycles. The summed E-state index contributed by atoms with van der Waals surface area (Å²) in [4.78, 5) is 30.2. The van der Waals surface area contributed by atoms with Gasteiger partial charge in [-0.15, -0.1) is 0 Å². The number of methoxy groups -OCH3 is 6. The highest BCUT2D eigenvalue weighted by Gasteiger charge is 2.28. The number of fused-ring (bicyclic) bond motifs is 1. The van der Waals surface area contributed by atoms with E-state index in [1.165, 1.54) is 47.2 Å². The molecule has 0 atom stereocenters. The van der Waals surface area contributed by atoms with E-state index in [4.69, 9.17) is 33.2 Å². The normalized spacial score (nSPS) is 13.0. The predicted octanol–water partition coefficient (Wildman–Crippen LogP) is 4.32. The van der Waals surface area contributed by atoms with Crippen molar-refractivity contribution in [2.24, 2.45) is 0 Å². The molecule has 0 aliphatic carbocycles. The second-order valence-corrected chi connectivity index (χ2v) is 9.64. The van der Waals surface area contributed by atoms with E-state index in [1.54, 1.807) is 24.3 Å². The van der Waals surface area contributed by atoms with Crippen LogP contribution in [0.2, 0.25) is 0 Å². The standard InChI is InChI=1S/C32H34N2O9/c1-37-24-17-22-23(18-25(24)38-2)31(35)34(21-9-7-20(8-10-21)33-11-13-43-14-12-33)29(32(36)42-6)28(22)19-15-26(39-3)30(41-5)27(16-19)40-4/h7-10,15-18H,11-14H2,1-6H3. The maximum atomic E-state index is 14.3. The van der Waals surface area contributed by atoms with Crippen molar-refractivity contribution in [2.45, 2.75) is 0 Å². The molecule has 11 heteroatoms. The summed E-state index contributed by atoms with van der Waals surface area (Å²) in [5, 5.41) is 0.741. The van der Waals surface area contributed by atoms with Gasteiger partial charge in [-0.1, -0.05) is 0 Å². The van der Waals surface area contributed by atoms with Crippen LogP contribution in [0.1, 0.15) is 10.5 Å². The first kappa shape index (κ1) is 29.6. The number of nitrogens with zero attached hydrogens (tertiary/aromatic N) is 2. The zero-order valence-corrected chi connectivity index (χ0v) is 25.0. The molecule has 43 heavy (non-hydrogen) atoms. The third-order valence-corrected chi connectivity index (χ3v) is 7.50. The van der Waals surface area contributed by atoms with Crippen LogP contribution in [-0.4, -0.2) is 79.5 Å². The largest absolute Gasteiger partial charge is 0.493 e. The molecule has 0 bridgehead atoms. The van der Waals surface area contributed by atoms with Crippen molar-refractivity contribution in [1.29, 1.82) is 0 Å². The van der Waals surface area contributed by atoms with E-state index in [1.807, 2.05) is 24.3 Å². The van der Waals surface area contributed by atoms with Gasteiger partial charge in [-0.2, -0.15) is 0 Å². The molecular weight excluding hydrogens is 556 g/mol. The second-order valence-electron chi connectivity index (χ2n) is 9.64. The monoisotopic (exact) mass is 590 g/mol. The molecular formula is C32H34N2O9. The fourth-order valence-electron chi connectivity index (χ4n) is 5.41. The molecule has 11 nitrogen and oxygen atoms in total. The SMILES string of the molecule is COC(=O)c1c(-c2cc(OC)c(OC)c(OC)c2)c2cc(OC)c(OC)cc2c(=O)n1-c1ccc(N2CCOCC2)cc1. The van der Waals surface area contributed by atoms with E-state index in [0.29, 0.717) is 69.5 Å². The highest BCUT2D eigenvalue weighted by Crippen LogP contribution is 2.45. The van der Waals surface area contributed by atoms with Gasteiger partial charge in [0, 0.05) is 35.4 Å². The molecule has 5 rings (SSSR count). The highest BCUT2D eigenvalue weighted by molar-refractivity contribution is 6.08. The van der Waals surface area contributed by atoms with Crippen molar-refractivity contribution in [3.63, 3.8) is 0 Å². The second kappa shape index (κ2) is 12.5. The van der Waals surface area contributed by atoms with Gasteiger partial charge in [0.25, 0.3) is 5.56 Å². The Hall–Kier alpha value is -4.90. The van der Waals surface area contributed by atoms with Crippen LogP contribution in [0.25, 0.3) is 27.6 Å². The minimum Gasteiger partial charge on any atom is -0.493 e. The number of anilines is 1. The Labute approximate surface area is 249 Å². The first-order chi connectivity index (χ1) is 20.9. The predicted molar refractivity (Wildman–Crippen MR) is 162 cm³/mol. The summed E-state index contributed by atoms with van der Waals surface area (Å²) in [6.07, 6.45) is 0. The summed E-state index contributed by atoms with van der Waals surface area (Å²) in [6, 6.07) is 14.2. The first-order valence-electron chi connectivity index (χ1n) is 13.6. The molecule has 0 unspecified atom stereocenters. The highest BCUT2D eigenvalue weighted by atomic mass is 16.5. The van der Waals surface area contributed by atoms with Gasteiger partial charge in [-0.3, -0.25) is 9.36 Å². The molecule has 0 saturated carbocycles. The molecule has 226 valence electrons. The van der Waals surface area contributed by atoms with Gasteiger partial charge in [0.2, 0.25) is 5.75 Å². The number of morpholine rings is 1. The van der Waals surface area contributed by atoms with Crippen LogP contribution >= 0.6 is 0 Å². The number of carbonyl (C=O) groups excluding carboxylic acids is 1. The Morgan fingerprint density at radius 1 is 0.698 bits per heavy atom. The van der Waals surface area contributed by atoms with Crippen molar-refractivity contribution in [3.05, 3.63) is 64.6 Å². The Balaban J connectivity index is 1.89. The van der Waals surface area contributed by atoms with Crippen LogP contribution < -0.4 is 34.1 Å². The van der Waals surface area contributed by atoms with Crippen molar-refractivity contribution >= 4 is 22.4 Å². The summed E-state index contributed by atoms with van der Waals surface area (Å²) in [5.41, 5.74) is 1.96. The molecule has 4 aromatic rings. The van der Waals surface area contributed by atoms with Gasteiger partial charge >= 0.3 is 5.97 Å². The Bertz CT molecular complexity index is 1680. The van der Waals surface area contributed by atoms with E-state index < -0.39 is 11.5 Å². The number of hydrogen-bond donors (Lipinski definition) is 0. The van der Waals surface area contributed by atoms with E-state index in [-0.39, 0.29) is 5.69 Å². The minimum absolute atomic E-state index is 0.0145. The minimum atomic E-state index is -0.713. The first-order valence-corrected chi connectivity index (χ1v) is 13.6. The lowest BCUT2D eigenvalue weighted by molar-refractivity contribution is 0.0591. The van der Waals surface area contributed by atoms with E-state index in [2.05, 4.69) is 4.90 Å². The lowest BCUT2D eigenvalue weighted by atomic mass is 9.95. The van der Waals surface area contributed by atoms with Crippen LogP contribution in [-0.2, 0) is 9.47 Å². The fourth-order valence-corrected chi connectivity index (χ4v) is 5.41. The lowest BCUT2D eigenvalue weighted by Gasteiger charge is -2.29. The van der Waals surface area contributed by atoms with E-state index >= 15 is 0 Å². The Morgan fingerprint density at radius 2 is 1.23 bits per heavy atom. The van der Waals surface area contributed by atoms with Gasteiger partial charge in [-0.25, -0.2) is 4.79 Å². The van der Waals surface area contributed by atoms with Crippen LogP contribution in [0.3, 0.4) is 0 Å². The number of pyridine rings is 1. The number of esters is 1. The molecule has 1 saturated heterocycles. The van der Waals surface area contributed by atoms with Crippen LogP contribution in [0.15, 0.2) is 53.3 Å². The van der Waals surface area contributed by atoms with Crippen molar-refractivity contribution < 1.29 is 38.0 Å². The summed E-state index contributed by atoms with van der Waals surface area (Å²) < 4.78 is 40.0. The average molecular weight is 591 g/mol. The van der Waals surface area contributed by atoms with E-state index in [0.717, 1.165) is 18.8 Å². The third-order valence-electron chi connectivity index (χ3n) is 7.50. The van der Waals surface area contributed by atoms with Gasteiger partial charge in [0.05, 0.1) is 61.3 Å². The number of rotatable bonds is 9. The Kier molecular flexibility index (Phi) is 8.63. The summed E-state index contributed by atoms with van der Waals surface area (Å²) in [7, 11) is 8.79. The zero-order chi connectivity index (χ0) is 30.7. The van der Waals surface area contributed by atoms with Gasteiger partial charge in [0.1, 0.15) is 5.69 Å². The summed E-state index contributed by atoms with van der Waals surface area (Å²) >= 11 is 0. The molecule has 0 amide bonds. The maximum absolute atomic E-state index is 14.3. The average Bonchev–Trinajstić information content (AvgIpc) is 3.06. The molecule has 0 N–H and O–H groups in total. The number of ether oxygens (including phenoxy) is 7. The van der Waals surface area contributed by atoms with Crippen LogP contribution in [0.5, 0.6) is 28.7 Å². The number of aromatic nitrogens is 1. The van der Waals surface area contributed by atoms with Gasteiger partial charge in [0.15, 0.2) is 23.0 Å². The molecule has 1 aliphatic heterocycles. The molecule has 1 aliphatic rings. The molecule has 0 spiro atoms. The zero-order valence-electron chi connectivity index (χ0n) is 25.0. The maximum Gasteiger partial charge on any atom is 0.355 e. The Morgan fingerprint density at radius 3 is 1.74 bits per heavy atom. The summed E-state index contributed by atoms with van der Waals surface area (Å²) in [5.74, 6) is 1.15. The quantitative estimate of drug-likeness (QED) is 0.262. The third kappa shape index (κ3) is 5.27. The van der Waals surface area contributed by atoms with Crippen molar-refractivity contribution in [3.8, 4) is 45.6 Å². The molecule has 3 aromatic carbocycles. The van der Waals surface area contributed by atoms with Gasteiger partial charge < -0.3 is 38.1 Å². The number of hydrogen-bond acceptors (Lipinski definition) is 10. The number of carbonyl (C=O) groups is 1. The van der Waals surface area contributed by atoms with Crippen molar-refractivity contribution in [2.75, 3.05) is 73.9 Å². The van der Waals surface area contributed by atoms with Crippen LogP contribution in [0.4, 0.5) is 5.69 Å². The molecule has 2 heterocycles. The fraction of sp³-hybridized carbons (Fsp3) is 0.312. The number of benzene rings is 3. The molecule has 1 fully saturated rings. The van der Waals surface area contributed by atoms with Crippen molar-refractivity contribution in [1.82, 2.24) is 4.57 Å². The summed E-state index contributed by atoms with van der Waals surface area (Å²) in [6.45, 7) is 2.80. The van der Waals surface area contributed by atoms with Crippen LogP contribution in [0, 0.1) is 0 Å². The smallest absolute Gasteiger partial charge is 0.355 e. The topological polar surface area (TPSA) is 107 Å². The van der Waals surface area contributed by atoms with E-state index in [9.17, 15) is 9.59 Å². The van der Waals surface area contributed by atoms with Gasteiger partial charge in [-0.05, 0) is 54.1 Å². The lowest BCUT2D eigenvalue weighted by Crippen LogP contribution is -2.36.